The highest BCUT2D eigenvalue weighted by Gasteiger charge is 2.37. The average molecular weight is 212 g/mol. The minimum Gasteiger partial charge on any atom is -0.502 e. The van der Waals surface area contributed by atoms with Crippen molar-refractivity contribution in [1.82, 2.24) is 0 Å². The summed E-state index contributed by atoms with van der Waals surface area (Å²) in [5, 5.41) is 8.65. The number of halogens is 3. The topological polar surface area (TPSA) is 63.6 Å². The van der Waals surface area contributed by atoms with Crippen molar-refractivity contribution in [3.05, 3.63) is 11.8 Å². The lowest BCUT2D eigenvalue weighted by atomic mass is 10.3. The Labute approximate surface area is 77.0 Å². The van der Waals surface area contributed by atoms with Crippen molar-refractivity contribution in [2.75, 3.05) is 6.61 Å². The maximum absolute atomic E-state index is 11.6. The molecule has 0 rings (SSSR count). The molecular formula is C7H7F3O4. The molecule has 0 radical (unpaired) electrons. The van der Waals surface area contributed by atoms with Crippen LogP contribution in [0.5, 0.6) is 0 Å². The molecule has 4 nitrogen and oxygen atoms in total. The molecule has 0 amide bonds. The van der Waals surface area contributed by atoms with Crippen LogP contribution in [-0.4, -0.2) is 29.6 Å². The molecule has 0 atom stereocenters. The Morgan fingerprint density at radius 3 is 2.29 bits per heavy atom. The van der Waals surface area contributed by atoms with Crippen molar-refractivity contribution < 1.29 is 32.6 Å². The number of allylic oxidation sites excluding steroid dienone is 1. The SMILES string of the molecule is CCOC(=O)/C(O)=C/C(=O)C(F)(F)F. The number of carbonyl (C=O) groups excluding carboxylic acids is 2. The summed E-state index contributed by atoms with van der Waals surface area (Å²) in [4.78, 5) is 20.8. The summed E-state index contributed by atoms with van der Waals surface area (Å²) in [7, 11) is 0. The number of hydrogen-bond acceptors (Lipinski definition) is 4. The lowest BCUT2D eigenvalue weighted by Crippen LogP contribution is -2.22. The van der Waals surface area contributed by atoms with Gasteiger partial charge in [-0.2, -0.15) is 13.2 Å². The van der Waals surface area contributed by atoms with Crippen LogP contribution in [0.25, 0.3) is 0 Å². The van der Waals surface area contributed by atoms with Crippen LogP contribution in [0.4, 0.5) is 13.2 Å². The van der Waals surface area contributed by atoms with E-state index >= 15 is 0 Å². The zero-order chi connectivity index (χ0) is 11.4. The molecule has 0 bridgehead atoms. The summed E-state index contributed by atoms with van der Waals surface area (Å²) < 4.78 is 38.9. The Morgan fingerprint density at radius 1 is 1.43 bits per heavy atom. The fourth-order valence-electron chi connectivity index (χ4n) is 0.470. The maximum Gasteiger partial charge on any atom is 0.454 e. The quantitative estimate of drug-likeness (QED) is 0.432. The van der Waals surface area contributed by atoms with Crippen molar-refractivity contribution in [2.45, 2.75) is 13.1 Å². The third kappa shape index (κ3) is 3.92. The highest BCUT2D eigenvalue weighted by molar-refractivity contribution is 6.00. The first-order valence-corrected chi connectivity index (χ1v) is 3.48. The van der Waals surface area contributed by atoms with E-state index in [0.29, 0.717) is 0 Å². The number of rotatable bonds is 3. The molecule has 0 saturated heterocycles. The fraction of sp³-hybridized carbons (Fsp3) is 0.429. The first kappa shape index (κ1) is 12.5. The van der Waals surface area contributed by atoms with Gasteiger partial charge < -0.3 is 9.84 Å². The molecule has 0 aliphatic heterocycles. The van der Waals surface area contributed by atoms with Crippen LogP contribution in [0.3, 0.4) is 0 Å². The highest BCUT2D eigenvalue weighted by atomic mass is 19.4. The van der Waals surface area contributed by atoms with E-state index in [1.54, 1.807) is 0 Å². The number of aliphatic hydroxyl groups excluding tert-OH is 1. The summed E-state index contributed by atoms with van der Waals surface area (Å²) >= 11 is 0. The third-order valence-corrected chi connectivity index (χ3v) is 1.03. The van der Waals surface area contributed by atoms with Crippen molar-refractivity contribution >= 4 is 11.8 Å². The van der Waals surface area contributed by atoms with Gasteiger partial charge in [-0.3, -0.25) is 4.79 Å². The molecule has 0 aromatic heterocycles. The van der Waals surface area contributed by atoms with Gasteiger partial charge >= 0.3 is 12.1 Å². The lowest BCUT2D eigenvalue weighted by molar-refractivity contribution is -0.165. The normalized spacial score (nSPS) is 12.4. The second-order valence-corrected chi connectivity index (χ2v) is 2.11. The van der Waals surface area contributed by atoms with Crippen molar-refractivity contribution in [3.63, 3.8) is 0 Å². The molecule has 1 N–H and O–H groups in total. The van der Waals surface area contributed by atoms with Crippen LogP contribution >= 0.6 is 0 Å². The van der Waals surface area contributed by atoms with Crippen LogP contribution in [-0.2, 0) is 14.3 Å². The molecule has 0 saturated carbocycles. The summed E-state index contributed by atoms with van der Waals surface area (Å²) in [5.74, 6) is -5.05. The Kier molecular flexibility index (Phi) is 4.13. The first-order valence-electron chi connectivity index (χ1n) is 3.48. The molecule has 0 aliphatic rings. The minimum atomic E-state index is -5.11. The summed E-state index contributed by atoms with van der Waals surface area (Å²) in [6.45, 7) is 1.29. The van der Waals surface area contributed by atoms with Crippen LogP contribution < -0.4 is 0 Å². The molecule has 7 heteroatoms. The largest absolute Gasteiger partial charge is 0.502 e. The van der Waals surface area contributed by atoms with Gasteiger partial charge in [-0.25, -0.2) is 4.79 Å². The van der Waals surface area contributed by atoms with Gasteiger partial charge in [0.05, 0.1) is 6.61 Å². The molecule has 0 aromatic rings. The Bertz CT molecular complexity index is 267. The predicted octanol–water partition coefficient (Wildman–Crippen LogP) is 1.12. The van der Waals surface area contributed by atoms with E-state index in [4.69, 9.17) is 5.11 Å². The highest BCUT2D eigenvalue weighted by Crippen LogP contribution is 2.17. The number of carbonyl (C=O) groups is 2. The standard InChI is InChI=1S/C7H7F3O4/c1-2-14-6(13)4(11)3-5(12)7(8,9)10/h3,11H,2H2,1H3/b4-3-. The van der Waals surface area contributed by atoms with E-state index in [1.165, 1.54) is 6.92 Å². The number of ketones is 1. The molecular weight excluding hydrogens is 205 g/mol. The molecule has 0 spiro atoms. The molecule has 0 unspecified atom stereocenters. The zero-order valence-electron chi connectivity index (χ0n) is 7.09. The third-order valence-electron chi connectivity index (χ3n) is 1.03. The van der Waals surface area contributed by atoms with E-state index < -0.39 is 23.7 Å². The van der Waals surface area contributed by atoms with Crippen molar-refractivity contribution in [3.8, 4) is 0 Å². The minimum absolute atomic E-state index is 0.114. The second-order valence-electron chi connectivity index (χ2n) is 2.11. The van der Waals surface area contributed by atoms with E-state index in [9.17, 15) is 22.8 Å². The predicted molar refractivity (Wildman–Crippen MR) is 38.4 cm³/mol. The van der Waals surface area contributed by atoms with Crippen molar-refractivity contribution in [1.29, 1.82) is 0 Å². The average Bonchev–Trinajstić information content (AvgIpc) is 2.02. The molecule has 0 fully saturated rings. The molecule has 0 aromatic carbocycles. The van der Waals surface area contributed by atoms with Crippen LogP contribution in [0.2, 0.25) is 0 Å². The summed E-state index contributed by atoms with van der Waals surface area (Å²) in [5.41, 5.74) is 0. The van der Waals surface area contributed by atoms with E-state index in [1.807, 2.05) is 0 Å². The van der Waals surface area contributed by atoms with Gasteiger partial charge in [0.15, 0.2) is 0 Å². The van der Waals surface area contributed by atoms with Gasteiger partial charge in [-0.1, -0.05) is 0 Å². The zero-order valence-corrected chi connectivity index (χ0v) is 7.09. The van der Waals surface area contributed by atoms with Gasteiger partial charge in [0, 0.05) is 6.08 Å². The van der Waals surface area contributed by atoms with Gasteiger partial charge in [-0.05, 0) is 6.92 Å². The summed E-state index contributed by atoms with van der Waals surface area (Å²) in [6, 6.07) is 0. The van der Waals surface area contributed by atoms with Crippen LogP contribution in [0, 0.1) is 0 Å². The number of hydrogen-bond donors (Lipinski definition) is 1. The second kappa shape index (κ2) is 4.64. The number of esters is 1. The van der Waals surface area contributed by atoms with Gasteiger partial charge in [-0.15, -0.1) is 0 Å². The van der Waals surface area contributed by atoms with E-state index in [0.717, 1.165) is 0 Å². The monoisotopic (exact) mass is 212 g/mol. The molecule has 0 heterocycles. The fourth-order valence-corrected chi connectivity index (χ4v) is 0.470. The van der Waals surface area contributed by atoms with E-state index in [2.05, 4.69) is 4.74 Å². The Morgan fingerprint density at radius 2 is 1.93 bits per heavy atom. The number of alkyl halides is 3. The molecule has 80 valence electrons. The summed E-state index contributed by atoms with van der Waals surface area (Å²) in [6.07, 6.45) is -5.33. The van der Waals surface area contributed by atoms with Gasteiger partial charge in [0.25, 0.3) is 5.78 Å². The lowest BCUT2D eigenvalue weighted by Gasteiger charge is -2.02. The van der Waals surface area contributed by atoms with Crippen molar-refractivity contribution in [2.24, 2.45) is 0 Å². The number of ether oxygens (including phenoxy) is 1. The smallest absolute Gasteiger partial charge is 0.454 e. The Balaban J connectivity index is 4.53. The maximum atomic E-state index is 11.6. The Hall–Kier alpha value is -1.53. The molecule has 0 aliphatic carbocycles. The first-order chi connectivity index (χ1) is 6.29. The van der Waals surface area contributed by atoms with Gasteiger partial charge in [0.2, 0.25) is 5.76 Å². The van der Waals surface area contributed by atoms with Gasteiger partial charge in [0.1, 0.15) is 0 Å². The van der Waals surface area contributed by atoms with Crippen LogP contribution in [0.15, 0.2) is 11.8 Å². The molecule has 14 heavy (non-hydrogen) atoms. The number of aliphatic hydroxyl groups is 1. The van der Waals surface area contributed by atoms with Crippen LogP contribution in [0.1, 0.15) is 6.92 Å². The van der Waals surface area contributed by atoms with E-state index in [-0.39, 0.29) is 12.7 Å².